The first-order valence-corrected chi connectivity index (χ1v) is 9.07. The normalized spacial score (nSPS) is 23.6. The molecule has 1 fully saturated rings. The molecule has 0 aromatic carbocycles. The summed E-state index contributed by atoms with van der Waals surface area (Å²) in [6.07, 6.45) is 4.96. The molecule has 20 heavy (non-hydrogen) atoms. The van der Waals surface area contributed by atoms with Crippen molar-refractivity contribution in [3.8, 4) is 0 Å². The minimum Gasteiger partial charge on any atom is -0.477 e. The van der Waals surface area contributed by atoms with Crippen molar-refractivity contribution in [1.29, 1.82) is 0 Å². The van der Waals surface area contributed by atoms with Crippen LogP contribution in [0.3, 0.4) is 0 Å². The van der Waals surface area contributed by atoms with Gasteiger partial charge in [-0.15, -0.1) is 11.3 Å². The van der Waals surface area contributed by atoms with E-state index in [1.165, 1.54) is 12.1 Å². The number of thiophene rings is 1. The highest BCUT2D eigenvalue weighted by molar-refractivity contribution is 7.91. The predicted molar refractivity (Wildman–Crippen MR) is 77.6 cm³/mol. The van der Waals surface area contributed by atoms with Crippen molar-refractivity contribution in [3.05, 3.63) is 17.0 Å². The van der Waals surface area contributed by atoms with Crippen molar-refractivity contribution >= 4 is 27.3 Å². The molecule has 0 radical (unpaired) electrons. The first-order chi connectivity index (χ1) is 9.42. The van der Waals surface area contributed by atoms with Crippen molar-refractivity contribution in [2.24, 2.45) is 5.92 Å². The molecule has 1 aromatic heterocycles. The standard InChI is InChI=1S/C13H19NO4S2/c1-2-9-3-5-10(6-4-9)14-20(17,18)12-8-7-11(19-12)13(15)16/h7-10,14H,2-6H2,1H3,(H,15,16). The van der Waals surface area contributed by atoms with E-state index >= 15 is 0 Å². The molecular weight excluding hydrogens is 298 g/mol. The predicted octanol–water partition coefficient (Wildman–Crippen LogP) is 2.69. The molecule has 0 atom stereocenters. The summed E-state index contributed by atoms with van der Waals surface area (Å²) in [5, 5.41) is 8.84. The fourth-order valence-electron chi connectivity index (χ4n) is 2.55. The molecule has 0 unspecified atom stereocenters. The van der Waals surface area contributed by atoms with Crippen LogP contribution < -0.4 is 4.72 Å². The molecule has 1 heterocycles. The summed E-state index contributed by atoms with van der Waals surface area (Å²) in [6.45, 7) is 2.16. The maximum Gasteiger partial charge on any atom is 0.345 e. The molecule has 0 aliphatic heterocycles. The highest BCUT2D eigenvalue weighted by Gasteiger charge is 2.26. The lowest BCUT2D eigenvalue weighted by molar-refractivity contribution is 0.0702. The molecule has 1 saturated carbocycles. The van der Waals surface area contributed by atoms with Crippen LogP contribution in [0.25, 0.3) is 0 Å². The minimum atomic E-state index is -3.59. The number of sulfonamides is 1. The second kappa shape index (κ2) is 6.24. The van der Waals surface area contributed by atoms with Gasteiger partial charge in [0.1, 0.15) is 9.09 Å². The second-order valence-corrected chi connectivity index (χ2v) is 8.20. The average Bonchev–Trinajstić information content (AvgIpc) is 2.90. The monoisotopic (exact) mass is 317 g/mol. The van der Waals surface area contributed by atoms with Crippen LogP contribution >= 0.6 is 11.3 Å². The third kappa shape index (κ3) is 3.59. The summed E-state index contributed by atoms with van der Waals surface area (Å²) in [4.78, 5) is 10.8. The number of aromatic carboxylic acids is 1. The molecule has 0 saturated heterocycles. The highest BCUT2D eigenvalue weighted by atomic mass is 32.2. The van der Waals surface area contributed by atoms with Gasteiger partial charge in [-0.1, -0.05) is 13.3 Å². The third-order valence-electron chi connectivity index (χ3n) is 3.80. The van der Waals surface area contributed by atoms with E-state index in [0.29, 0.717) is 5.92 Å². The smallest absolute Gasteiger partial charge is 0.345 e. The molecule has 0 spiro atoms. The Morgan fingerprint density at radius 1 is 1.35 bits per heavy atom. The Balaban J connectivity index is 2.02. The Bertz CT molecular complexity index is 571. The van der Waals surface area contributed by atoms with Crippen molar-refractivity contribution in [1.82, 2.24) is 4.72 Å². The molecule has 0 bridgehead atoms. The Hall–Kier alpha value is -0.920. The van der Waals surface area contributed by atoms with Crippen molar-refractivity contribution in [2.75, 3.05) is 0 Å². The zero-order valence-electron chi connectivity index (χ0n) is 11.3. The second-order valence-electron chi connectivity index (χ2n) is 5.17. The van der Waals surface area contributed by atoms with Gasteiger partial charge in [-0.05, 0) is 43.7 Å². The van der Waals surface area contributed by atoms with E-state index in [2.05, 4.69) is 11.6 Å². The molecule has 2 rings (SSSR count). The minimum absolute atomic E-state index is 0.0295. The maximum absolute atomic E-state index is 12.2. The molecular formula is C13H19NO4S2. The van der Waals surface area contributed by atoms with Crippen molar-refractivity contribution < 1.29 is 18.3 Å². The van der Waals surface area contributed by atoms with Gasteiger partial charge >= 0.3 is 5.97 Å². The van der Waals surface area contributed by atoms with Gasteiger partial charge in [-0.25, -0.2) is 17.9 Å². The zero-order chi connectivity index (χ0) is 14.8. The zero-order valence-corrected chi connectivity index (χ0v) is 13.0. The van der Waals surface area contributed by atoms with Gasteiger partial charge < -0.3 is 5.11 Å². The Labute approximate surface area is 123 Å². The van der Waals surface area contributed by atoms with Crippen LogP contribution in [0.4, 0.5) is 0 Å². The fraction of sp³-hybridized carbons (Fsp3) is 0.615. The highest BCUT2D eigenvalue weighted by Crippen LogP contribution is 2.28. The summed E-state index contributed by atoms with van der Waals surface area (Å²) in [5.41, 5.74) is 0. The Morgan fingerprint density at radius 2 is 2.00 bits per heavy atom. The van der Waals surface area contributed by atoms with Gasteiger partial charge in [0, 0.05) is 6.04 Å². The van der Waals surface area contributed by atoms with Crippen molar-refractivity contribution in [3.63, 3.8) is 0 Å². The lowest BCUT2D eigenvalue weighted by Crippen LogP contribution is -2.37. The van der Waals surface area contributed by atoms with E-state index < -0.39 is 16.0 Å². The van der Waals surface area contributed by atoms with E-state index in [1.54, 1.807) is 0 Å². The van der Waals surface area contributed by atoms with Crippen LogP contribution in [0.5, 0.6) is 0 Å². The summed E-state index contributed by atoms with van der Waals surface area (Å²) in [7, 11) is -3.59. The molecule has 7 heteroatoms. The van der Waals surface area contributed by atoms with Gasteiger partial charge in [0.2, 0.25) is 10.0 Å². The van der Waals surface area contributed by atoms with Crippen LogP contribution in [0.1, 0.15) is 48.7 Å². The van der Waals surface area contributed by atoms with Gasteiger partial charge in [0.25, 0.3) is 0 Å². The number of hydrogen-bond acceptors (Lipinski definition) is 4. The SMILES string of the molecule is CCC1CCC(NS(=O)(=O)c2ccc(C(=O)O)s2)CC1. The lowest BCUT2D eigenvalue weighted by atomic mass is 9.85. The summed E-state index contributed by atoms with van der Waals surface area (Å²) in [6, 6.07) is 2.65. The molecule has 112 valence electrons. The van der Waals surface area contributed by atoms with E-state index in [0.717, 1.165) is 43.4 Å². The number of hydrogen-bond donors (Lipinski definition) is 2. The van der Waals surface area contributed by atoms with Gasteiger partial charge in [-0.2, -0.15) is 0 Å². The van der Waals surface area contributed by atoms with Crippen LogP contribution in [-0.4, -0.2) is 25.5 Å². The largest absolute Gasteiger partial charge is 0.477 e. The number of rotatable bonds is 5. The maximum atomic E-state index is 12.2. The van der Waals surface area contributed by atoms with E-state index in [-0.39, 0.29) is 15.1 Å². The van der Waals surface area contributed by atoms with Crippen LogP contribution in [0.15, 0.2) is 16.3 Å². The fourth-order valence-corrected chi connectivity index (χ4v) is 5.01. The van der Waals surface area contributed by atoms with Gasteiger partial charge in [-0.3, -0.25) is 0 Å². The number of carboxylic acid groups (broad SMARTS) is 1. The average molecular weight is 317 g/mol. The van der Waals surface area contributed by atoms with E-state index in [4.69, 9.17) is 5.11 Å². The third-order valence-corrected chi connectivity index (χ3v) is 6.89. The van der Waals surface area contributed by atoms with Crippen LogP contribution in [0, 0.1) is 5.92 Å². The van der Waals surface area contributed by atoms with Crippen LogP contribution in [-0.2, 0) is 10.0 Å². The van der Waals surface area contributed by atoms with Crippen LogP contribution in [0.2, 0.25) is 0 Å². The molecule has 1 aliphatic carbocycles. The lowest BCUT2D eigenvalue weighted by Gasteiger charge is -2.27. The number of carbonyl (C=O) groups is 1. The quantitative estimate of drug-likeness (QED) is 0.874. The first kappa shape index (κ1) is 15.5. The Kier molecular flexibility index (Phi) is 4.82. The summed E-state index contributed by atoms with van der Waals surface area (Å²) >= 11 is 0.792. The van der Waals surface area contributed by atoms with E-state index in [1.807, 2.05) is 0 Å². The van der Waals surface area contributed by atoms with E-state index in [9.17, 15) is 13.2 Å². The number of carboxylic acids is 1. The molecule has 5 nitrogen and oxygen atoms in total. The molecule has 1 aliphatic rings. The van der Waals surface area contributed by atoms with Crippen molar-refractivity contribution in [2.45, 2.75) is 49.3 Å². The first-order valence-electron chi connectivity index (χ1n) is 6.78. The number of nitrogens with one attached hydrogen (secondary N) is 1. The summed E-state index contributed by atoms with van der Waals surface area (Å²) in [5.74, 6) is -0.393. The Morgan fingerprint density at radius 3 is 2.50 bits per heavy atom. The summed E-state index contributed by atoms with van der Waals surface area (Å²) < 4.78 is 27.2. The topological polar surface area (TPSA) is 83.5 Å². The van der Waals surface area contributed by atoms with Gasteiger partial charge in [0.15, 0.2) is 0 Å². The molecule has 2 N–H and O–H groups in total. The van der Waals surface area contributed by atoms with Gasteiger partial charge in [0.05, 0.1) is 0 Å². The molecule has 1 aromatic rings. The molecule has 0 amide bonds.